The molecule has 21 heavy (non-hydrogen) atoms. The van der Waals surface area contributed by atoms with Crippen molar-refractivity contribution in [1.82, 2.24) is 10.2 Å². The highest BCUT2D eigenvalue weighted by atomic mass is 16.1. The number of likely N-dealkylation sites (tertiary alicyclic amines) is 1. The highest BCUT2D eigenvalue weighted by Crippen LogP contribution is 2.29. The number of nitrogens with two attached hydrogens (primary N) is 1. The largest absolute Gasteiger partial charge is 0.351 e. The molecule has 0 spiro atoms. The molecule has 1 heterocycles. The van der Waals surface area contributed by atoms with Crippen molar-refractivity contribution in [1.29, 1.82) is 0 Å². The fourth-order valence-electron chi connectivity index (χ4n) is 2.70. The van der Waals surface area contributed by atoms with Crippen molar-refractivity contribution < 1.29 is 4.79 Å². The SMILES string of the molecule is Cc1cc(C(=O)NCC2(C)CCN(C)CC2)ccc1NN. The Hall–Kier alpha value is -1.59. The van der Waals surface area contributed by atoms with Gasteiger partial charge >= 0.3 is 0 Å². The smallest absolute Gasteiger partial charge is 0.251 e. The predicted molar refractivity (Wildman–Crippen MR) is 86.2 cm³/mol. The number of hydrogen-bond donors (Lipinski definition) is 3. The number of piperidine rings is 1. The molecule has 0 bridgehead atoms. The van der Waals surface area contributed by atoms with Crippen LogP contribution in [0.5, 0.6) is 0 Å². The first kappa shape index (κ1) is 15.8. The molecule has 116 valence electrons. The van der Waals surface area contributed by atoms with Crippen LogP contribution in [0.2, 0.25) is 0 Å². The van der Waals surface area contributed by atoms with Crippen LogP contribution in [0, 0.1) is 12.3 Å². The van der Waals surface area contributed by atoms with Gasteiger partial charge in [-0.1, -0.05) is 6.92 Å². The van der Waals surface area contributed by atoms with E-state index >= 15 is 0 Å². The lowest BCUT2D eigenvalue weighted by molar-refractivity contribution is 0.0891. The number of carbonyl (C=O) groups is 1. The number of hydrazine groups is 1. The highest BCUT2D eigenvalue weighted by molar-refractivity contribution is 5.94. The Balaban J connectivity index is 1.94. The Labute approximate surface area is 126 Å². The summed E-state index contributed by atoms with van der Waals surface area (Å²) in [6.07, 6.45) is 2.25. The third-order valence-electron chi connectivity index (χ3n) is 4.51. The van der Waals surface area contributed by atoms with Gasteiger partial charge in [0.25, 0.3) is 5.91 Å². The van der Waals surface area contributed by atoms with Gasteiger partial charge in [-0.25, -0.2) is 0 Å². The summed E-state index contributed by atoms with van der Waals surface area (Å²) in [7, 11) is 2.15. The average molecular weight is 290 g/mol. The van der Waals surface area contributed by atoms with Crippen molar-refractivity contribution in [3.8, 4) is 0 Å². The lowest BCUT2D eigenvalue weighted by Crippen LogP contribution is -2.43. The van der Waals surface area contributed by atoms with Crippen LogP contribution in [0.4, 0.5) is 5.69 Å². The number of carbonyl (C=O) groups excluding carboxylic acids is 1. The van der Waals surface area contributed by atoms with Crippen LogP contribution >= 0.6 is 0 Å². The van der Waals surface area contributed by atoms with Crippen LogP contribution < -0.4 is 16.6 Å². The maximum absolute atomic E-state index is 12.3. The van der Waals surface area contributed by atoms with Crippen LogP contribution in [0.15, 0.2) is 18.2 Å². The van der Waals surface area contributed by atoms with E-state index in [0.29, 0.717) is 5.56 Å². The quantitative estimate of drug-likeness (QED) is 0.583. The standard InChI is InChI=1S/C16H26N4O/c1-12-10-13(4-5-14(12)19-17)15(21)18-11-16(2)6-8-20(3)9-7-16/h4-5,10,19H,6-9,11,17H2,1-3H3,(H,18,21). The van der Waals surface area contributed by atoms with E-state index in [9.17, 15) is 4.79 Å². The average Bonchev–Trinajstić information content (AvgIpc) is 2.48. The Morgan fingerprint density at radius 2 is 2.05 bits per heavy atom. The second kappa shape index (κ2) is 6.45. The number of amides is 1. The molecule has 0 aliphatic carbocycles. The lowest BCUT2D eigenvalue weighted by atomic mass is 9.80. The molecule has 1 saturated heterocycles. The Kier molecular flexibility index (Phi) is 4.85. The molecule has 1 aromatic rings. The van der Waals surface area contributed by atoms with Gasteiger partial charge in [0.2, 0.25) is 0 Å². The van der Waals surface area contributed by atoms with E-state index in [1.54, 1.807) is 6.07 Å². The zero-order valence-corrected chi connectivity index (χ0v) is 13.2. The summed E-state index contributed by atoms with van der Waals surface area (Å²) in [5, 5.41) is 3.08. The minimum Gasteiger partial charge on any atom is -0.351 e. The molecular weight excluding hydrogens is 264 g/mol. The Morgan fingerprint density at radius 3 is 2.62 bits per heavy atom. The molecular formula is C16H26N4O. The molecule has 2 rings (SSSR count). The summed E-state index contributed by atoms with van der Waals surface area (Å²) in [5.74, 6) is 5.39. The molecule has 1 aliphatic rings. The van der Waals surface area contributed by atoms with Crippen LogP contribution in [0.3, 0.4) is 0 Å². The fourth-order valence-corrected chi connectivity index (χ4v) is 2.70. The zero-order chi connectivity index (χ0) is 15.5. The molecule has 1 fully saturated rings. The lowest BCUT2D eigenvalue weighted by Gasteiger charge is -2.37. The molecule has 5 heteroatoms. The fraction of sp³-hybridized carbons (Fsp3) is 0.562. The summed E-state index contributed by atoms with van der Waals surface area (Å²) < 4.78 is 0. The molecule has 0 atom stereocenters. The monoisotopic (exact) mass is 290 g/mol. The second-order valence-corrected chi connectivity index (χ2v) is 6.47. The van der Waals surface area contributed by atoms with Crippen molar-refractivity contribution in [3.63, 3.8) is 0 Å². The Bertz CT molecular complexity index is 507. The second-order valence-electron chi connectivity index (χ2n) is 6.47. The number of rotatable bonds is 4. The number of anilines is 1. The molecule has 4 N–H and O–H groups in total. The van der Waals surface area contributed by atoms with Gasteiger partial charge in [0.05, 0.1) is 5.69 Å². The zero-order valence-electron chi connectivity index (χ0n) is 13.2. The van der Waals surface area contributed by atoms with Gasteiger partial charge in [-0.3, -0.25) is 10.6 Å². The van der Waals surface area contributed by atoms with E-state index in [2.05, 4.69) is 29.6 Å². The van der Waals surface area contributed by atoms with E-state index in [1.165, 1.54) is 0 Å². The highest BCUT2D eigenvalue weighted by Gasteiger charge is 2.29. The van der Waals surface area contributed by atoms with Crippen LogP contribution in [-0.4, -0.2) is 37.5 Å². The summed E-state index contributed by atoms with van der Waals surface area (Å²) in [4.78, 5) is 14.6. The van der Waals surface area contributed by atoms with Gasteiger partial charge in [-0.2, -0.15) is 0 Å². The summed E-state index contributed by atoms with van der Waals surface area (Å²) in [5.41, 5.74) is 5.32. The Morgan fingerprint density at radius 1 is 1.38 bits per heavy atom. The molecule has 0 saturated carbocycles. The third-order valence-corrected chi connectivity index (χ3v) is 4.51. The third kappa shape index (κ3) is 3.95. The van der Waals surface area contributed by atoms with E-state index in [0.717, 1.165) is 43.7 Å². The van der Waals surface area contributed by atoms with Crippen molar-refractivity contribution >= 4 is 11.6 Å². The van der Waals surface area contributed by atoms with Crippen molar-refractivity contribution in [2.45, 2.75) is 26.7 Å². The molecule has 0 unspecified atom stereocenters. The van der Waals surface area contributed by atoms with Gasteiger partial charge in [0.15, 0.2) is 0 Å². The van der Waals surface area contributed by atoms with Gasteiger partial charge in [-0.15, -0.1) is 0 Å². The topological polar surface area (TPSA) is 70.4 Å². The number of hydrogen-bond acceptors (Lipinski definition) is 4. The number of nitrogens with zero attached hydrogens (tertiary/aromatic N) is 1. The molecule has 1 aromatic carbocycles. The number of nitrogens with one attached hydrogen (secondary N) is 2. The first-order valence-electron chi connectivity index (χ1n) is 7.47. The van der Waals surface area contributed by atoms with Gasteiger partial charge in [0.1, 0.15) is 0 Å². The molecule has 5 nitrogen and oxygen atoms in total. The van der Waals surface area contributed by atoms with Crippen LogP contribution in [0.25, 0.3) is 0 Å². The van der Waals surface area contributed by atoms with Gasteiger partial charge < -0.3 is 15.6 Å². The summed E-state index contributed by atoms with van der Waals surface area (Å²) in [6, 6.07) is 5.50. The van der Waals surface area contributed by atoms with E-state index in [-0.39, 0.29) is 11.3 Å². The normalized spacial score (nSPS) is 18.3. The van der Waals surface area contributed by atoms with E-state index in [1.807, 2.05) is 19.1 Å². The summed E-state index contributed by atoms with van der Waals surface area (Å²) >= 11 is 0. The van der Waals surface area contributed by atoms with Crippen molar-refractivity contribution in [3.05, 3.63) is 29.3 Å². The van der Waals surface area contributed by atoms with Crippen molar-refractivity contribution in [2.24, 2.45) is 11.3 Å². The van der Waals surface area contributed by atoms with Gasteiger partial charge in [-0.05, 0) is 69.1 Å². The molecule has 1 amide bonds. The van der Waals surface area contributed by atoms with Crippen LogP contribution in [0.1, 0.15) is 35.7 Å². The van der Waals surface area contributed by atoms with Crippen molar-refractivity contribution in [2.75, 3.05) is 32.1 Å². The number of benzene rings is 1. The predicted octanol–water partition coefficient (Wildman–Crippen LogP) is 1.74. The minimum absolute atomic E-state index is 0.0122. The first-order valence-corrected chi connectivity index (χ1v) is 7.47. The summed E-state index contributed by atoms with van der Waals surface area (Å²) in [6.45, 7) is 7.12. The number of nitrogen functional groups attached to an aromatic ring is 1. The first-order chi connectivity index (χ1) is 9.93. The maximum Gasteiger partial charge on any atom is 0.251 e. The molecule has 0 radical (unpaired) electrons. The number of aryl methyl sites for hydroxylation is 1. The molecule has 1 aliphatic heterocycles. The maximum atomic E-state index is 12.3. The molecule has 0 aromatic heterocycles. The van der Waals surface area contributed by atoms with E-state index in [4.69, 9.17) is 5.84 Å². The van der Waals surface area contributed by atoms with Crippen LogP contribution in [-0.2, 0) is 0 Å². The van der Waals surface area contributed by atoms with E-state index < -0.39 is 0 Å². The van der Waals surface area contributed by atoms with Gasteiger partial charge in [0, 0.05) is 12.1 Å². The minimum atomic E-state index is -0.0122.